The second kappa shape index (κ2) is 12.9. The monoisotopic (exact) mass is 546 g/mol. The summed E-state index contributed by atoms with van der Waals surface area (Å²) >= 11 is 0. The first-order valence-electron chi connectivity index (χ1n) is 13.2. The van der Waals surface area contributed by atoms with E-state index in [4.69, 9.17) is 4.74 Å². The summed E-state index contributed by atoms with van der Waals surface area (Å²) in [5.74, 6) is -1.15. The number of sulfonamides is 1. The lowest BCUT2D eigenvalue weighted by molar-refractivity contribution is -0.149. The van der Waals surface area contributed by atoms with E-state index in [0.29, 0.717) is 29.9 Å². The third-order valence-corrected chi connectivity index (χ3v) is 8.63. The molecule has 0 radical (unpaired) electrons. The van der Waals surface area contributed by atoms with Gasteiger partial charge < -0.3 is 10.1 Å². The molecule has 1 amide bonds. The Morgan fingerprint density at radius 1 is 0.897 bits per heavy atom. The highest BCUT2D eigenvalue weighted by Crippen LogP contribution is 2.24. The number of anilines is 1. The van der Waals surface area contributed by atoms with Gasteiger partial charge >= 0.3 is 5.97 Å². The predicted molar refractivity (Wildman–Crippen MR) is 153 cm³/mol. The van der Waals surface area contributed by atoms with Crippen LogP contribution in [0.3, 0.4) is 0 Å². The first-order chi connectivity index (χ1) is 18.7. The van der Waals surface area contributed by atoms with Crippen LogP contribution in [0.4, 0.5) is 5.69 Å². The molecule has 3 aromatic carbocycles. The number of hydrogen-bond acceptors (Lipinski definition) is 5. The Kier molecular flexibility index (Phi) is 9.32. The van der Waals surface area contributed by atoms with Gasteiger partial charge in [0.25, 0.3) is 5.91 Å². The Hall–Kier alpha value is -3.75. The van der Waals surface area contributed by atoms with E-state index in [1.165, 1.54) is 12.2 Å². The molecule has 1 saturated heterocycles. The molecular weight excluding hydrogens is 512 g/mol. The molecule has 0 saturated carbocycles. The number of nitrogens with one attached hydrogen (secondary N) is 1. The van der Waals surface area contributed by atoms with Gasteiger partial charge in [0.1, 0.15) is 0 Å². The Morgan fingerprint density at radius 2 is 1.56 bits per heavy atom. The molecular formula is C31H34N2O5S. The first-order valence-corrected chi connectivity index (χ1v) is 14.6. The predicted octanol–water partition coefficient (Wildman–Crippen LogP) is 5.80. The van der Waals surface area contributed by atoms with Gasteiger partial charge in [-0.05, 0) is 67.7 Å². The molecule has 0 spiro atoms. The maximum absolute atomic E-state index is 13.2. The lowest BCUT2D eigenvalue weighted by atomic mass is 10.1. The molecule has 0 aromatic heterocycles. The fourth-order valence-corrected chi connectivity index (χ4v) is 5.99. The van der Waals surface area contributed by atoms with E-state index in [-0.39, 0.29) is 4.90 Å². The smallest absolute Gasteiger partial charge is 0.331 e. The number of amides is 1. The lowest BCUT2D eigenvalue weighted by Crippen LogP contribution is -2.31. The summed E-state index contributed by atoms with van der Waals surface area (Å²) in [5, 5.41) is 2.88. The SMILES string of the molecule is Cc1ccc(C)c(NC(=O)[C@@H](OC(=O)/C=C/c2ccc(S(=O)(=O)N3CCCCCC3)cc2)c2ccccc2)c1. The highest BCUT2D eigenvalue weighted by atomic mass is 32.2. The fourth-order valence-electron chi connectivity index (χ4n) is 4.47. The van der Waals surface area contributed by atoms with Crippen LogP contribution in [-0.2, 0) is 24.3 Å². The summed E-state index contributed by atoms with van der Waals surface area (Å²) in [5.41, 5.74) is 3.73. The van der Waals surface area contributed by atoms with Gasteiger partial charge in [-0.15, -0.1) is 0 Å². The third kappa shape index (κ3) is 7.43. The summed E-state index contributed by atoms with van der Waals surface area (Å²) in [7, 11) is -3.55. The number of rotatable bonds is 8. The van der Waals surface area contributed by atoms with E-state index in [9.17, 15) is 18.0 Å². The number of carbonyl (C=O) groups is 2. The number of ether oxygens (including phenoxy) is 1. The van der Waals surface area contributed by atoms with E-state index < -0.39 is 28.0 Å². The van der Waals surface area contributed by atoms with Crippen molar-refractivity contribution in [3.05, 3.63) is 101 Å². The van der Waals surface area contributed by atoms with Crippen LogP contribution in [0.5, 0.6) is 0 Å². The minimum atomic E-state index is -3.55. The van der Waals surface area contributed by atoms with Gasteiger partial charge in [-0.3, -0.25) is 4.79 Å². The van der Waals surface area contributed by atoms with E-state index in [1.807, 2.05) is 38.1 Å². The lowest BCUT2D eigenvalue weighted by Gasteiger charge is -2.20. The molecule has 0 bridgehead atoms. The average molecular weight is 547 g/mol. The zero-order valence-electron chi connectivity index (χ0n) is 22.3. The van der Waals surface area contributed by atoms with Crippen molar-refractivity contribution in [3.63, 3.8) is 0 Å². The van der Waals surface area contributed by atoms with E-state index >= 15 is 0 Å². The molecule has 1 heterocycles. The van der Waals surface area contributed by atoms with Crippen molar-refractivity contribution in [1.82, 2.24) is 4.31 Å². The van der Waals surface area contributed by atoms with Crippen LogP contribution in [0, 0.1) is 13.8 Å². The van der Waals surface area contributed by atoms with E-state index in [0.717, 1.165) is 36.8 Å². The quantitative estimate of drug-likeness (QED) is 0.285. The van der Waals surface area contributed by atoms with Crippen LogP contribution >= 0.6 is 0 Å². The highest BCUT2D eigenvalue weighted by molar-refractivity contribution is 7.89. The maximum Gasteiger partial charge on any atom is 0.331 e. The summed E-state index contributed by atoms with van der Waals surface area (Å²) < 4.78 is 33.1. The zero-order valence-corrected chi connectivity index (χ0v) is 23.1. The fraction of sp³-hybridized carbons (Fsp3) is 0.290. The Balaban J connectivity index is 1.45. The summed E-state index contributed by atoms with van der Waals surface area (Å²) in [4.78, 5) is 26.2. The molecule has 1 aliphatic rings. The minimum absolute atomic E-state index is 0.233. The number of aryl methyl sites for hydroxylation is 2. The zero-order chi connectivity index (χ0) is 27.8. The Bertz CT molecular complexity index is 1430. The van der Waals surface area contributed by atoms with Crippen LogP contribution in [0.15, 0.2) is 83.8 Å². The van der Waals surface area contributed by atoms with E-state index in [1.54, 1.807) is 52.8 Å². The molecule has 7 nitrogen and oxygen atoms in total. The Morgan fingerprint density at radius 3 is 2.23 bits per heavy atom. The van der Waals surface area contributed by atoms with Gasteiger partial charge in [0.05, 0.1) is 4.90 Å². The summed E-state index contributed by atoms with van der Waals surface area (Å²) in [6.07, 6.45) is 5.46. The van der Waals surface area contributed by atoms with Crippen LogP contribution in [0.2, 0.25) is 0 Å². The van der Waals surface area contributed by atoms with Gasteiger partial charge in [-0.25, -0.2) is 13.2 Å². The molecule has 1 aliphatic heterocycles. The van der Waals surface area contributed by atoms with Crippen LogP contribution < -0.4 is 5.32 Å². The van der Waals surface area contributed by atoms with Crippen molar-refractivity contribution in [1.29, 1.82) is 0 Å². The van der Waals surface area contributed by atoms with Crippen molar-refractivity contribution in [2.75, 3.05) is 18.4 Å². The number of esters is 1. The van der Waals surface area contributed by atoms with Crippen molar-refractivity contribution in [2.24, 2.45) is 0 Å². The number of hydrogen-bond donors (Lipinski definition) is 1. The van der Waals surface area contributed by atoms with Gasteiger partial charge in [-0.2, -0.15) is 4.31 Å². The maximum atomic E-state index is 13.2. The highest BCUT2D eigenvalue weighted by Gasteiger charge is 2.26. The van der Waals surface area contributed by atoms with Gasteiger partial charge in [0.2, 0.25) is 16.1 Å². The second-order valence-electron chi connectivity index (χ2n) is 9.76. The Labute approximate surface area is 230 Å². The number of nitrogens with zero attached hydrogens (tertiary/aromatic N) is 1. The van der Waals surface area contributed by atoms with Crippen LogP contribution in [0.25, 0.3) is 6.08 Å². The molecule has 1 fully saturated rings. The van der Waals surface area contributed by atoms with Crippen LogP contribution in [0.1, 0.15) is 54.0 Å². The van der Waals surface area contributed by atoms with Crippen molar-refractivity contribution in [3.8, 4) is 0 Å². The van der Waals surface area contributed by atoms with Crippen molar-refractivity contribution in [2.45, 2.75) is 50.5 Å². The third-order valence-electron chi connectivity index (χ3n) is 6.72. The first kappa shape index (κ1) is 28.3. The van der Waals surface area contributed by atoms with Gasteiger partial charge in [0, 0.05) is 30.4 Å². The van der Waals surface area contributed by atoms with E-state index in [2.05, 4.69) is 5.32 Å². The standard InChI is InChI=1S/C31H34N2O5S/c1-23-12-13-24(2)28(22-23)32-31(35)30(26-10-6-5-7-11-26)38-29(34)19-16-25-14-17-27(18-15-25)39(36,37)33-20-8-3-4-9-21-33/h5-7,10-19,22,30H,3-4,8-9,20-21H2,1-2H3,(H,32,35)/b19-16+/t30-/m0/s1. The summed E-state index contributed by atoms with van der Waals surface area (Å²) in [6, 6.07) is 21.0. The van der Waals surface area contributed by atoms with Gasteiger partial charge in [-0.1, -0.05) is 67.4 Å². The minimum Gasteiger partial charge on any atom is -0.444 e. The topological polar surface area (TPSA) is 92.8 Å². The number of carbonyl (C=O) groups excluding carboxylic acids is 2. The number of benzene rings is 3. The molecule has 0 aliphatic carbocycles. The molecule has 39 heavy (non-hydrogen) atoms. The molecule has 0 unspecified atom stereocenters. The molecule has 1 atom stereocenters. The average Bonchev–Trinajstić information content (AvgIpc) is 3.24. The molecule has 4 rings (SSSR count). The summed E-state index contributed by atoms with van der Waals surface area (Å²) in [6.45, 7) is 4.90. The second-order valence-corrected chi connectivity index (χ2v) is 11.7. The van der Waals surface area contributed by atoms with Crippen molar-refractivity contribution < 1.29 is 22.7 Å². The largest absolute Gasteiger partial charge is 0.444 e. The normalized spacial score (nSPS) is 15.4. The molecule has 1 N–H and O–H groups in total. The molecule has 204 valence electrons. The van der Waals surface area contributed by atoms with Gasteiger partial charge in [0.15, 0.2) is 0 Å². The van der Waals surface area contributed by atoms with Crippen molar-refractivity contribution >= 4 is 33.7 Å². The van der Waals surface area contributed by atoms with Crippen LogP contribution in [-0.4, -0.2) is 37.7 Å². The molecule has 3 aromatic rings. The molecule has 8 heteroatoms.